The molecule has 0 radical (unpaired) electrons. The topological polar surface area (TPSA) is 96.5 Å². The van der Waals surface area contributed by atoms with Crippen LogP contribution in [-0.4, -0.2) is 47.1 Å². The van der Waals surface area contributed by atoms with Crippen molar-refractivity contribution in [1.29, 1.82) is 0 Å². The highest BCUT2D eigenvalue weighted by Gasteiger charge is 2.33. The summed E-state index contributed by atoms with van der Waals surface area (Å²) in [5, 5.41) is 12.4. The van der Waals surface area contributed by atoms with Gasteiger partial charge in [-0.05, 0) is 18.1 Å². The van der Waals surface area contributed by atoms with E-state index in [9.17, 15) is 31.4 Å². The van der Waals surface area contributed by atoms with Crippen molar-refractivity contribution >= 4 is 17.3 Å². The average Bonchev–Trinajstić information content (AvgIpc) is 3.11. The fourth-order valence-electron chi connectivity index (χ4n) is 3.09. The van der Waals surface area contributed by atoms with Gasteiger partial charge in [-0.3, -0.25) is 0 Å². The molecule has 0 bridgehead atoms. The molecule has 170 valence electrons. The van der Waals surface area contributed by atoms with Gasteiger partial charge in [-0.15, -0.1) is 0 Å². The molecule has 0 spiro atoms. The Labute approximate surface area is 172 Å². The van der Waals surface area contributed by atoms with E-state index in [0.717, 1.165) is 6.07 Å². The van der Waals surface area contributed by atoms with Crippen molar-refractivity contribution in [3.8, 4) is 6.01 Å². The highest BCUT2D eigenvalue weighted by atomic mass is 19.4. The number of anilines is 3. The van der Waals surface area contributed by atoms with Gasteiger partial charge in [-0.25, -0.2) is 0 Å². The second kappa shape index (κ2) is 8.65. The number of aliphatic hydroxyl groups is 1. The summed E-state index contributed by atoms with van der Waals surface area (Å²) in [6.45, 7) is -1.54. The third-order valence-electron chi connectivity index (χ3n) is 4.50. The highest BCUT2D eigenvalue weighted by molar-refractivity contribution is 5.76. The van der Waals surface area contributed by atoms with E-state index in [1.807, 2.05) is 0 Å². The van der Waals surface area contributed by atoms with E-state index in [-0.39, 0.29) is 36.0 Å². The molecule has 1 saturated heterocycles. The first-order valence-electron chi connectivity index (χ1n) is 9.13. The summed E-state index contributed by atoms with van der Waals surface area (Å²) in [5.74, 6) is -0.157. The molecule has 1 aromatic carbocycles. The first-order chi connectivity index (χ1) is 14.4. The SMILES string of the molecule is Nc1c(NCc2ccccc2C(F)(F)F)nc(OCC(F)(F)F)nc1N1CC[C@H](O)C1. The molecule has 13 heteroatoms. The number of nitrogens with zero attached hydrogens (tertiary/aromatic N) is 3. The Morgan fingerprint density at radius 1 is 1.16 bits per heavy atom. The van der Waals surface area contributed by atoms with Gasteiger partial charge in [0, 0.05) is 19.6 Å². The number of hydrogen-bond acceptors (Lipinski definition) is 7. The summed E-state index contributed by atoms with van der Waals surface area (Å²) in [5.41, 5.74) is 4.97. The molecular formula is C18H19F6N5O2. The molecule has 3 rings (SSSR count). The lowest BCUT2D eigenvalue weighted by molar-refractivity contribution is -0.154. The number of ether oxygens (including phenoxy) is 1. The summed E-state index contributed by atoms with van der Waals surface area (Å²) < 4.78 is 81.8. The lowest BCUT2D eigenvalue weighted by Gasteiger charge is -2.21. The zero-order valence-corrected chi connectivity index (χ0v) is 16.0. The number of aromatic nitrogens is 2. The van der Waals surface area contributed by atoms with Crippen LogP contribution in [0.1, 0.15) is 17.5 Å². The minimum Gasteiger partial charge on any atom is -0.454 e. The number of β-amino-alcohol motifs (C(OH)–C–C–N with tert-alkyl or cyclic N) is 1. The van der Waals surface area contributed by atoms with Crippen LogP contribution >= 0.6 is 0 Å². The van der Waals surface area contributed by atoms with Crippen LogP contribution in [0.25, 0.3) is 0 Å². The normalized spacial score (nSPS) is 17.1. The number of halogens is 6. The molecular weight excluding hydrogens is 432 g/mol. The van der Waals surface area contributed by atoms with Crippen LogP contribution in [0.15, 0.2) is 24.3 Å². The molecule has 0 unspecified atom stereocenters. The first kappa shape index (κ1) is 22.7. The molecule has 1 atom stereocenters. The predicted molar refractivity (Wildman–Crippen MR) is 99.6 cm³/mol. The highest BCUT2D eigenvalue weighted by Crippen LogP contribution is 2.34. The van der Waals surface area contributed by atoms with Gasteiger partial charge in [-0.2, -0.15) is 36.3 Å². The van der Waals surface area contributed by atoms with Gasteiger partial charge in [0.2, 0.25) is 0 Å². The molecule has 4 N–H and O–H groups in total. The van der Waals surface area contributed by atoms with Crippen molar-refractivity contribution in [1.82, 2.24) is 9.97 Å². The van der Waals surface area contributed by atoms with Crippen molar-refractivity contribution in [2.75, 3.05) is 35.6 Å². The molecule has 1 aromatic heterocycles. The summed E-state index contributed by atoms with van der Waals surface area (Å²) in [4.78, 5) is 9.23. The van der Waals surface area contributed by atoms with Crippen LogP contribution in [0.3, 0.4) is 0 Å². The van der Waals surface area contributed by atoms with Crippen LogP contribution in [0.4, 0.5) is 43.7 Å². The number of nitrogens with one attached hydrogen (secondary N) is 1. The number of benzene rings is 1. The molecule has 31 heavy (non-hydrogen) atoms. The van der Waals surface area contributed by atoms with Gasteiger partial charge in [0.15, 0.2) is 18.2 Å². The van der Waals surface area contributed by atoms with E-state index in [1.165, 1.54) is 23.1 Å². The molecule has 0 amide bonds. The maximum atomic E-state index is 13.2. The van der Waals surface area contributed by atoms with Gasteiger partial charge in [0.1, 0.15) is 5.69 Å². The lowest BCUT2D eigenvalue weighted by atomic mass is 10.1. The Morgan fingerprint density at radius 3 is 2.48 bits per heavy atom. The number of nitrogens with two attached hydrogens (primary N) is 1. The summed E-state index contributed by atoms with van der Waals surface area (Å²) >= 11 is 0. The van der Waals surface area contributed by atoms with Crippen molar-refractivity contribution in [2.24, 2.45) is 0 Å². The van der Waals surface area contributed by atoms with Crippen LogP contribution in [-0.2, 0) is 12.7 Å². The fourth-order valence-corrected chi connectivity index (χ4v) is 3.09. The zero-order chi connectivity index (χ0) is 22.8. The van der Waals surface area contributed by atoms with E-state index < -0.39 is 36.6 Å². The molecule has 0 saturated carbocycles. The standard InChI is InChI=1S/C18H19F6N5O2/c19-17(20,21)9-31-16-27-14(13(25)15(28-16)29-6-5-11(30)8-29)26-7-10-3-1-2-4-12(10)18(22,23)24/h1-4,11,30H,5-9,25H2,(H,26,27,28)/t11-/m0/s1. The minimum absolute atomic E-state index is 0.0235. The summed E-state index contributed by atoms with van der Waals surface area (Å²) in [7, 11) is 0. The Kier molecular flexibility index (Phi) is 6.34. The number of aliphatic hydroxyl groups excluding tert-OH is 1. The van der Waals surface area contributed by atoms with E-state index in [0.29, 0.717) is 13.0 Å². The number of nitrogen functional groups attached to an aromatic ring is 1. The van der Waals surface area contributed by atoms with Crippen LogP contribution < -0.4 is 20.7 Å². The number of hydrogen-bond donors (Lipinski definition) is 3. The summed E-state index contributed by atoms with van der Waals surface area (Å²) in [6.07, 6.45) is -9.52. The monoisotopic (exact) mass is 451 g/mol. The van der Waals surface area contributed by atoms with E-state index in [1.54, 1.807) is 0 Å². The minimum atomic E-state index is -4.64. The lowest BCUT2D eigenvalue weighted by Crippen LogP contribution is -2.25. The third-order valence-corrected chi connectivity index (χ3v) is 4.50. The number of rotatable bonds is 6. The molecule has 1 fully saturated rings. The smallest absolute Gasteiger partial charge is 0.422 e. The third kappa shape index (κ3) is 5.81. The molecule has 7 nitrogen and oxygen atoms in total. The first-order valence-corrected chi connectivity index (χ1v) is 9.13. The zero-order valence-electron chi connectivity index (χ0n) is 16.0. The van der Waals surface area contributed by atoms with Gasteiger partial charge < -0.3 is 25.8 Å². The van der Waals surface area contributed by atoms with E-state index in [4.69, 9.17) is 5.73 Å². The van der Waals surface area contributed by atoms with Crippen LogP contribution in [0, 0.1) is 0 Å². The molecule has 1 aliphatic rings. The van der Waals surface area contributed by atoms with Crippen molar-refractivity contribution in [3.05, 3.63) is 35.4 Å². The fraction of sp³-hybridized carbons (Fsp3) is 0.444. The van der Waals surface area contributed by atoms with E-state index >= 15 is 0 Å². The predicted octanol–water partition coefficient (Wildman–Crippen LogP) is 3.20. The quantitative estimate of drug-likeness (QED) is 0.581. The molecule has 2 aromatic rings. The van der Waals surface area contributed by atoms with Gasteiger partial charge in [-0.1, -0.05) is 18.2 Å². The maximum Gasteiger partial charge on any atom is 0.422 e. The second-order valence-corrected chi connectivity index (χ2v) is 6.89. The second-order valence-electron chi connectivity index (χ2n) is 6.89. The summed E-state index contributed by atoms with van der Waals surface area (Å²) in [6, 6.07) is 4.19. The van der Waals surface area contributed by atoms with Gasteiger partial charge in [0.05, 0.1) is 11.7 Å². The molecule has 0 aliphatic carbocycles. The Balaban J connectivity index is 1.90. The van der Waals surface area contributed by atoms with Crippen molar-refractivity contribution < 1.29 is 36.2 Å². The Hall–Kier alpha value is -2.96. The van der Waals surface area contributed by atoms with Crippen molar-refractivity contribution in [2.45, 2.75) is 31.4 Å². The largest absolute Gasteiger partial charge is 0.454 e. The Bertz CT molecular complexity index is 921. The maximum absolute atomic E-state index is 13.2. The molecule has 2 heterocycles. The van der Waals surface area contributed by atoms with Crippen LogP contribution in [0.5, 0.6) is 6.01 Å². The molecule has 1 aliphatic heterocycles. The Morgan fingerprint density at radius 2 is 1.87 bits per heavy atom. The van der Waals surface area contributed by atoms with Crippen molar-refractivity contribution in [3.63, 3.8) is 0 Å². The van der Waals surface area contributed by atoms with Crippen LogP contribution in [0.2, 0.25) is 0 Å². The van der Waals surface area contributed by atoms with Gasteiger partial charge >= 0.3 is 18.4 Å². The number of alkyl halides is 6. The van der Waals surface area contributed by atoms with Gasteiger partial charge in [0.25, 0.3) is 0 Å². The van der Waals surface area contributed by atoms with E-state index in [2.05, 4.69) is 20.0 Å². The average molecular weight is 451 g/mol.